The van der Waals surface area contributed by atoms with Crippen molar-refractivity contribution in [2.75, 3.05) is 11.4 Å². The summed E-state index contributed by atoms with van der Waals surface area (Å²) in [5, 5.41) is 21.8. The van der Waals surface area contributed by atoms with Crippen molar-refractivity contribution in [3.8, 4) is 0 Å². The molecule has 1 saturated carbocycles. The molecular formula is C18H19FN2O3. The summed E-state index contributed by atoms with van der Waals surface area (Å²) in [6.07, 6.45) is 1.05. The maximum absolute atomic E-state index is 13.0. The number of aliphatic hydroxyl groups is 1. The minimum absolute atomic E-state index is 0.0406. The minimum atomic E-state index is -0.841. The summed E-state index contributed by atoms with van der Waals surface area (Å²) < 4.78 is 13.0. The molecule has 1 aliphatic carbocycles. The Hall–Kier alpha value is -2.47. The van der Waals surface area contributed by atoms with Crippen LogP contribution in [0.3, 0.4) is 0 Å². The monoisotopic (exact) mass is 330 g/mol. The molecule has 0 spiro atoms. The van der Waals surface area contributed by atoms with E-state index in [9.17, 15) is 19.6 Å². The van der Waals surface area contributed by atoms with Crippen molar-refractivity contribution >= 4 is 11.4 Å². The second-order valence-electron chi connectivity index (χ2n) is 6.20. The van der Waals surface area contributed by atoms with Gasteiger partial charge >= 0.3 is 0 Å². The predicted molar refractivity (Wildman–Crippen MR) is 89.6 cm³/mol. The average molecular weight is 330 g/mol. The highest BCUT2D eigenvalue weighted by molar-refractivity contribution is 5.65. The van der Waals surface area contributed by atoms with Crippen molar-refractivity contribution in [1.82, 2.24) is 0 Å². The van der Waals surface area contributed by atoms with E-state index >= 15 is 0 Å². The molecule has 0 saturated heterocycles. The van der Waals surface area contributed by atoms with Crippen molar-refractivity contribution in [2.45, 2.75) is 31.9 Å². The summed E-state index contributed by atoms with van der Waals surface area (Å²) >= 11 is 0. The molecule has 0 aliphatic heterocycles. The van der Waals surface area contributed by atoms with E-state index in [1.807, 2.05) is 11.8 Å². The van der Waals surface area contributed by atoms with E-state index in [0.29, 0.717) is 11.3 Å². The van der Waals surface area contributed by atoms with Gasteiger partial charge in [-0.2, -0.15) is 0 Å². The quantitative estimate of drug-likeness (QED) is 0.647. The van der Waals surface area contributed by atoms with Gasteiger partial charge in [0.05, 0.1) is 11.0 Å². The van der Waals surface area contributed by atoms with Crippen molar-refractivity contribution in [2.24, 2.45) is 0 Å². The Balaban J connectivity index is 1.89. The lowest BCUT2D eigenvalue weighted by atomic mass is 10.1. The molecule has 6 heteroatoms. The molecule has 1 aliphatic rings. The lowest BCUT2D eigenvalue weighted by Gasteiger charge is -2.27. The van der Waals surface area contributed by atoms with Crippen molar-refractivity contribution in [1.29, 1.82) is 0 Å². The molecule has 0 radical (unpaired) electrons. The molecule has 1 atom stereocenters. The van der Waals surface area contributed by atoms with Crippen LogP contribution in [0.15, 0.2) is 42.5 Å². The van der Waals surface area contributed by atoms with Gasteiger partial charge in [0.15, 0.2) is 0 Å². The van der Waals surface area contributed by atoms with Crippen LogP contribution in [0.25, 0.3) is 0 Å². The Kier molecular flexibility index (Phi) is 4.49. The van der Waals surface area contributed by atoms with Crippen LogP contribution >= 0.6 is 0 Å². The Bertz CT molecular complexity index is 744. The first-order valence-electron chi connectivity index (χ1n) is 7.91. The zero-order chi connectivity index (χ0) is 17.3. The number of nitro benzene ring substituents is 1. The molecule has 0 bridgehead atoms. The van der Waals surface area contributed by atoms with Crippen molar-refractivity contribution in [3.63, 3.8) is 0 Å². The third kappa shape index (κ3) is 3.54. The molecule has 24 heavy (non-hydrogen) atoms. The fraction of sp³-hybridized carbons (Fsp3) is 0.333. The zero-order valence-electron chi connectivity index (χ0n) is 13.4. The van der Waals surface area contributed by atoms with Crippen LogP contribution in [0.5, 0.6) is 0 Å². The first-order chi connectivity index (χ1) is 11.5. The Labute approximate surface area is 139 Å². The fourth-order valence-corrected chi connectivity index (χ4v) is 2.82. The first kappa shape index (κ1) is 16.4. The number of nitro groups is 1. The number of nitrogens with zero attached hydrogens (tertiary/aromatic N) is 2. The summed E-state index contributed by atoms with van der Waals surface area (Å²) in [4.78, 5) is 12.9. The van der Waals surface area contributed by atoms with Crippen molar-refractivity contribution in [3.05, 3.63) is 69.5 Å². The van der Waals surface area contributed by atoms with Gasteiger partial charge in [-0.3, -0.25) is 10.1 Å². The first-order valence-corrected chi connectivity index (χ1v) is 7.91. The molecule has 3 rings (SSSR count). The Morgan fingerprint density at radius 2 is 1.96 bits per heavy atom. The van der Waals surface area contributed by atoms with Crippen LogP contribution in [0, 0.1) is 22.9 Å². The van der Waals surface area contributed by atoms with Crippen LogP contribution in [-0.2, 0) is 0 Å². The van der Waals surface area contributed by atoms with Crippen LogP contribution in [-0.4, -0.2) is 22.6 Å². The number of anilines is 1. The number of benzene rings is 2. The average Bonchev–Trinajstić information content (AvgIpc) is 3.37. The topological polar surface area (TPSA) is 66.6 Å². The third-order valence-corrected chi connectivity index (χ3v) is 4.25. The Morgan fingerprint density at radius 3 is 2.54 bits per heavy atom. The Morgan fingerprint density at radius 1 is 1.29 bits per heavy atom. The van der Waals surface area contributed by atoms with Crippen molar-refractivity contribution < 1.29 is 14.4 Å². The van der Waals surface area contributed by atoms with Gasteiger partial charge in [0.25, 0.3) is 5.69 Å². The normalized spacial score (nSPS) is 15.1. The molecule has 2 aromatic rings. The maximum atomic E-state index is 13.0. The van der Waals surface area contributed by atoms with E-state index < -0.39 is 11.0 Å². The molecule has 126 valence electrons. The van der Waals surface area contributed by atoms with E-state index in [-0.39, 0.29) is 24.1 Å². The van der Waals surface area contributed by atoms with E-state index in [2.05, 4.69) is 0 Å². The van der Waals surface area contributed by atoms with Gasteiger partial charge in [0, 0.05) is 18.7 Å². The van der Waals surface area contributed by atoms with E-state index in [1.54, 1.807) is 12.1 Å². The molecule has 1 unspecified atom stereocenters. The maximum Gasteiger partial charge on any atom is 0.292 e. The van der Waals surface area contributed by atoms with E-state index in [1.165, 1.54) is 30.3 Å². The van der Waals surface area contributed by atoms with E-state index in [4.69, 9.17) is 0 Å². The number of halogens is 1. The van der Waals surface area contributed by atoms with Gasteiger partial charge in [-0.25, -0.2) is 4.39 Å². The largest absolute Gasteiger partial charge is 0.387 e. The number of aryl methyl sites for hydroxylation is 1. The zero-order valence-corrected chi connectivity index (χ0v) is 13.4. The second kappa shape index (κ2) is 6.57. The number of hydrogen-bond acceptors (Lipinski definition) is 4. The summed E-state index contributed by atoms with van der Waals surface area (Å²) in [6.45, 7) is 2.12. The van der Waals surface area contributed by atoms with Gasteiger partial charge in [-0.05, 0) is 49.1 Å². The molecule has 0 aromatic heterocycles. The number of hydrogen-bond donors (Lipinski definition) is 1. The van der Waals surface area contributed by atoms with Gasteiger partial charge in [-0.1, -0.05) is 18.2 Å². The predicted octanol–water partition coefficient (Wildman–Crippen LogP) is 3.74. The standard InChI is InChI=1S/C18H19FN2O3/c1-12-2-9-16(21(23)24)17(10-12)20(15-7-8-15)11-18(22)13-3-5-14(19)6-4-13/h2-6,9-10,15,18,22H,7-8,11H2,1H3. The van der Waals surface area contributed by atoms with Gasteiger partial charge in [-0.15, -0.1) is 0 Å². The summed E-state index contributed by atoms with van der Waals surface area (Å²) in [5.74, 6) is -0.362. The summed E-state index contributed by atoms with van der Waals surface area (Å²) in [5.41, 5.74) is 2.09. The molecule has 2 aromatic carbocycles. The molecule has 1 N–H and O–H groups in total. The highest BCUT2D eigenvalue weighted by Gasteiger charge is 2.34. The SMILES string of the molecule is Cc1ccc([N+](=O)[O-])c(N(CC(O)c2ccc(F)cc2)C2CC2)c1. The third-order valence-electron chi connectivity index (χ3n) is 4.25. The molecule has 1 fully saturated rings. The minimum Gasteiger partial charge on any atom is -0.387 e. The van der Waals surface area contributed by atoms with E-state index in [0.717, 1.165) is 18.4 Å². The summed E-state index contributed by atoms with van der Waals surface area (Å²) in [6, 6.07) is 10.9. The highest BCUT2D eigenvalue weighted by Crippen LogP contribution is 2.38. The molecule has 5 nitrogen and oxygen atoms in total. The van der Waals surface area contributed by atoms with Crippen LogP contribution < -0.4 is 4.90 Å². The molecule has 0 heterocycles. The molecular weight excluding hydrogens is 311 g/mol. The smallest absolute Gasteiger partial charge is 0.292 e. The lowest BCUT2D eigenvalue weighted by Crippen LogP contribution is -2.31. The second-order valence-corrected chi connectivity index (χ2v) is 6.20. The fourth-order valence-electron chi connectivity index (χ4n) is 2.82. The number of aliphatic hydroxyl groups excluding tert-OH is 1. The number of rotatable bonds is 6. The van der Waals surface area contributed by atoms with Crippen LogP contribution in [0.4, 0.5) is 15.8 Å². The lowest BCUT2D eigenvalue weighted by molar-refractivity contribution is -0.384. The van der Waals surface area contributed by atoms with Gasteiger partial charge in [0.1, 0.15) is 11.5 Å². The highest BCUT2D eigenvalue weighted by atomic mass is 19.1. The summed E-state index contributed by atoms with van der Waals surface area (Å²) in [7, 11) is 0. The van der Waals surface area contributed by atoms with Gasteiger partial charge in [0.2, 0.25) is 0 Å². The molecule has 0 amide bonds. The van der Waals surface area contributed by atoms with Crippen LogP contribution in [0.1, 0.15) is 30.1 Å². The van der Waals surface area contributed by atoms with Crippen LogP contribution in [0.2, 0.25) is 0 Å². The van der Waals surface area contributed by atoms with Gasteiger partial charge < -0.3 is 10.0 Å².